The summed E-state index contributed by atoms with van der Waals surface area (Å²) < 4.78 is 5.47. The fourth-order valence-corrected chi connectivity index (χ4v) is 3.71. The number of benzene rings is 1. The molecule has 1 aromatic carbocycles. The van der Waals surface area contributed by atoms with E-state index in [1.807, 2.05) is 35.2 Å². The van der Waals surface area contributed by atoms with E-state index < -0.39 is 0 Å². The summed E-state index contributed by atoms with van der Waals surface area (Å²) in [6, 6.07) is 9.85. The SMILES string of the molecule is NC(=O)C1CC2CCCC(C1)N2C(=O)OCc1ccccc1. The Kier molecular flexibility index (Phi) is 4.32. The molecule has 5 heteroatoms. The van der Waals surface area contributed by atoms with Crippen LogP contribution in [0.2, 0.25) is 0 Å². The summed E-state index contributed by atoms with van der Waals surface area (Å²) in [6.45, 7) is 0.287. The van der Waals surface area contributed by atoms with Crippen LogP contribution in [0, 0.1) is 5.92 Å². The number of piperidine rings is 2. The van der Waals surface area contributed by atoms with E-state index in [2.05, 4.69) is 0 Å². The average molecular weight is 302 g/mol. The van der Waals surface area contributed by atoms with Crippen molar-refractivity contribution in [3.05, 3.63) is 35.9 Å². The molecule has 2 unspecified atom stereocenters. The van der Waals surface area contributed by atoms with Crippen molar-refractivity contribution in [3.63, 3.8) is 0 Å². The van der Waals surface area contributed by atoms with E-state index >= 15 is 0 Å². The van der Waals surface area contributed by atoms with Crippen LogP contribution in [-0.2, 0) is 16.1 Å². The molecule has 1 aromatic rings. The molecule has 2 saturated heterocycles. The lowest BCUT2D eigenvalue weighted by molar-refractivity contribution is -0.125. The summed E-state index contributed by atoms with van der Waals surface area (Å²) in [4.78, 5) is 25.8. The lowest BCUT2D eigenvalue weighted by Gasteiger charge is -2.47. The number of rotatable bonds is 3. The summed E-state index contributed by atoms with van der Waals surface area (Å²) in [6.07, 6.45) is 4.05. The van der Waals surface area contributed by atoms with Crippen LogP contribution in [-0.4, -0.2) is 29.0 Å². The fourth-order valence-electron chi connectivity index (χ4n) is 3.71. The molecule has 2 atom stereocenters. The maximum Gasteiger partial charge on any atom is 0.410 e. The van der Waals surface area contributed by atoms with Crippen molar-refractivity contribution in [1.82, 2.24) is 4.90 Å². The zero-order valence-corrected chi connectivity index (χ0v) is 12.6. The molecule has 2 heterocycles. The topological polar surface area (TPSA) is 72.6 Å². The molecule has 2 fully saturated rings. The molecule has 5 nitrogen and oxygen atoms in total. The first-order chi connectivity index (χ1) is 10.6. The number of nitrogens with two attached hydrogens (primary N) is 1. The van der Waals surface area contributed by atoms with Gasteiger partial charge in [0.1, 0.15) is 6.61 Å². The third kappa shape index (κ3) is 3.08. The van der Waals surface area contributed by atoms with Crippen molar-refractivity contribution in [2.75, 3.05) is 0 Å². The van der Waals surface area contributed by atoms with E-state index in [-0.39, 0.29) is 36.6 Å². The zero-order chi connectivity index (χ0) is 15.5. The standard InChI is InChI=1S/C17H22N2O3/c18-16(20)13-9-14-7-4-8-15(10-13)19(14)17(21)22-11-12-5-2-1-3-6-12/h1-3,5-6,13-15H,4,7-11H2,(H2,18,20). The van der Waals surface area contributed by atoms with Crippen molar-refractivity contribution in [3.8, 4) is 0 Å². The summed E-state index contributed by atoms with van der Waals surface area (Å²) in [7, 11) is 0. The second kappa shape index (κ2) is 6.38. The molecule has 22 heavy (non-hydrogen) atoms. The summed E-state index contributed by atoms with van der Waals surface area (Å²) in [5.41, 5.74) is 6.43. The van der Waals surface area contributed by atoms with Gasteiger partial charge in [-0.05, 0) is 37.7 Å². The molecule has 118 valence electrons. The number of nitrogens with zero attached hydrogens (tertiary/aromatic N) is 1. The van der Waals surface area contributed by atoms with Crippen LogP contribution in [0.15, 0.2) is 30.3 Å². The maximum absolute atomic E-state index is 12.4. The third-order valence-electron chi connectivity index (χ3n) is 4.79. The number of carbonyl (C=O) groups is 2. The first kappa shape index (κ1) is 14.9. The minimum atomic E-state index is -0.263. The van der Waals surface area contributed by atoms with Gasteiger partial charge >= 0.3 is 6.09 Å². The van der Waals surface area contributed by atoms with Gasteiger partial charge in [0.2, 0.25) is 5.91 Å². The number of fused-ring (bicyclic) bond motifs is 2. The maximum atomic E-state index is 12.4. The number of carbonyl (C=O) groups excluding carboxylic acids is 2. The predicted molar refractivity (Wildman–Crippen MR) is 81.8 cm³/mol. The van der Waals surface area contributed by atoms with Crippen molar-refractivity contribution >= 4 is 12.0 Å². The van der Waals surface area contributed by atoms with E-state index in [1.54, 1.807) is 0 Å². The molecule has 0 aromatic heterocycles. The van der Waals surface area contributed by atoms with Gasteiger partial charge in [-0.15, -0.1) is 0 Å². The molecular formula is C17H22N2O3. The van der Waals surface area contributed by atoms with E-state index in [4.69, 9.17) is 10.5 Å². The van der Waals surface area contributed by atoms with Gasteiger partial charge in [-0.25, -0.2) is 4.79 Å². The highest BCUT2D eigenvalue weighted by molar-refractivity contribution is 5.77. The third-order valence-corrected chi connectivity index (χ3v) is 4.79. The molecule has 2 aliphatic heterocycles. The molecule has 0 radical (unpaired) electrons. The van der Waals surface area contributed by atoms with Gasteiger partial charge in [0.25, 0.3) is 0 Å². The smallest absolute Gasteiger partial charge is 0.410 e. The van der Waals surface area contributed by atoms with Crippen LogP contribution in [0.1, 0.15) is 37.7 Å². The Balaban J connectivity index is 1.63. The first-order valence-electron chi connectivity index (χ1n) is 7.93. The number of hydrogen-bond acceptors (Lipinski definition) is 3. The van der Waals surface area contributed by atoms with Crippen LogP contribution in [0.3, 0.4) is 0 Å². The van der Waals surface area contributed by atoms with E-state index in [0.29, 0.717) is 12.8 Å². The van der Waals surface area contributed by atoms with Crippen LogP contribution >= 0.6 is 0 Å². The zero-order valence-electron chi connectivity index (χ0n) is 12.6. The highest BCUT2D eigenvalue weighted by Gasteiger charge is 2.43. The Morgan fingerprint density at radius 2 is 1.77 bits per heavy atom. The molecule has 0 saturated carbocycles. The van der Waals surface area contributed by atoms with Crippen molar-refractivity contribution in [1.29, 1.82) is 0 Å². The van der Waals surface area contributed by atoms with Gasteiger partial charge in [-0.1, -0.05) is 30.3 Å². The lowest BCUT2D eigenvalue weighted by Crippen LogP contribution is -2.56. The first-order valence-corrected chi connectivity index (χ1v) is 7.93. The van der Waals surface area contributed by atoms with Gasteiger partial charge in [0.15, 0.2) is 0 Å². The van der Waals surface area contributed by atoms with Gasteiger partial charge in [0.05, 0.1) is 0 Å². The molecule has 2 N–H and O–H groups in total. The molecule has 0 aliphatic carbocycles. The summed E-state index contributed by atoms with van der Waals surface area (Å²) in [5.74, 6) is -0.345. The number of hydrogen-bond donors (Lipinski definition) is 1. The summed E-state index contributed by atoms with van der Waals surface area (Å²) >= 11 is 0. The van der Waals surface area contributed by atoms with Crippen molar-refractivity contribution in [2.24, 2.45) is 11.7 Å². The van der Waals surface area contributed by atoms with Gasteiger partial charge in [-0.2, -0.15) is 0 Å². The van der Waals surface area contributed by atoms with E-state index in [1.165, 1.54) is 0 Å². The van der Waals surface area contributed by atoms with Crippen LogP contribution in [0.4, 0.5) is 4.79 Å². The Bertz CT molecular complexity index is 532. The molecule has 2 aliphatic rings. The van der Waals surface area contributed by atoms with Crippen molar-refractivity contribution in [2.45, 2.75) is 50.8 Å². The second-order valence-electron chi connectivity index (χ2n) is 6.26. The van der Waals surface area contributed by atoms with Crippen LogP contribution in [0.5, 0.6) is 0 Å². The normalized spacial score (nSPS) is 27.3. The summed E-state index contributed by atoms with van der Waals surface area (Å²) in [5, 5.41) is 0. The Hall–Kier alpha value is -2.04. The van der Waals surface area contributed by atoms with Crippen LogP contribution in [0.25, 0.3) is 0 Å². The number of primary amides is 1. The van der Waals surface area contributed by atoms with E-state index in [9.17, 15) is 9.59 Å². The predicted octanol–water partition coefficient (Wildman–Crippen LogP) is 2.44. The molecular weight excluding hydrogens is 280 g/mol. The minimum absolute atomic E-state index is 0.0910. The quantitative estimate of drug-likeness (QED) is 0.932. The Morgan fingerprint density at radius 1 is 1.14 bits per heavy atom. The van der Waals surface area contributed by atoms with Gasteiger partial charge in [-0.3, -0.25) is 4.79 Å². The minimum Gasteiger partial charge on any atom is -0.445 e. The van der Waals surface area contributed by atoms with E-state index in [0.717, 1.165) is 24.8 Å². The fraction of sp³-hybridized carbons (Fsp3) is 0.529. The lowest BCUT2D eigenvalue weighted by atomic mass is 9.78. The Labute approximate surface area is 130 Å². The monoisotopic (exact) mass is 302 g/mol. The highest BCUT2D eigenvalue weighted by Crippen LogP contribution is 2.37. The highest BCUT2D eigenvalue weighted by atomic mass is 16.6. The second-order valence-corrected chi connectivity index (χ2v) is 6.26. The molecule has 2 amide bonds. The number of ether oxygens (including phenoxy) is 1. The number of amides is 2. The van der Waals surface area contributed by atoms with Crippen molar-refractivity contribution < 1.29 is 14.3 Å². The van der Waals surface area contributed by atoms with Gasteiger partial charge < -0.3 is 15.4 Å². The largest absolute Gasteiger partial charge is 0.445 e. The van der Waals surface area contributed by atoms with Crippen LogP contribution < -0.4 is 5.73 Å². The van der Waals surface area contributed by atoms with Gasteiger partial charge in [0, 0.05) is 18.0 Å². The molecule has 2 bridgehead atoms. The molecule has 0 spiro atoms. The Morgan fingerprint density at radius 3 is 2.36 bits per heavy atom. The average Bonchev–Trinajstić information content (AvgIpc) is 2.52. The molecule has 3 rings (SSSR count).